The van der Waals surface area contributed by atoms with Crippen molar-refractivity contribution in [1.82, 2.24) is 29.6 Å². The van der Waals surface area contributed by atoms with E-state index in [1.54, 1.807) is 6.33 Å². The SMILES string of the molecule is Cc1cc(C)n(-c2cc(N3CC4CN(C(=O)c5csc(C)n5)CC4C3)ncn2)n1. The molecule has 0 radical (unpaired) electrons. The van der Waals surface area contributed by atoms with Gasteiger partial charge in [-0.2, -0.15) is 5.10 Å². The van der Waals surface area contributed by atoms with Gasteiger partial charge in [-0.15, -0.1) is 11.3 Å². The molecule has 2 unspecified atom stereocenters. The van der Waals surface area contributed by atoms with Gasteiger partial charge >= 0.3 is 0 Å². The number of anilines is 1. The first kappa shape index (κ1) is 18.2. The molecule has 0 saturated carbocycles. The van der Waals surface area contributed by atoms with Gasteiger partial charge in [-0.05, 0) is 26.8 Å². The van der Waals surface area contributed by atoms with Gasteiger partial charge in [-0.1, -0.05) is 0 Å². The van der Waals surface area contributed by atoms with E-state index >= 15 is 0 Å². The Morgan fingerprint density at radius 1 is 1.03 bits per heavy atom. The Balaban J connectivity index is 1.29. The molecule has 0 aromatic carbocycles. The molecule has 1 amide bonds. The molecule has 8 nitrogen and oxygen atoms in total. The van der Waals surface area contributed by atoms with Gasteiger partial charge in [-0.25, -0.2) is 19.6 Å². The van der Waals surface area contributed by atoms with E-state index in [4.69, 9.17) is 0 Å². The van der Waals surface area contributed by atoms with Crippen LogP contribution in [0.5, 0.6) is 0 Å². The van der Waals surface area contributed by atoms with E-state index in [1.165, 1.54) is 11.3 Å². The Bertz CT molecular complexity index is 1060. The number of fused-ring (bicyclic) bond motifs is 1. The second-order valence-electron chi connectivity index (χ2n) is 7.96. The minimum Gasteiger partial charge on any atom is -0.356 e. The zero-order chi connectivity index (χ0) is 20.1. The van der Waals surface area contributed by atoms with Gasteiger partial charge in [0.25, 0.3) is 5.91 Å². The highest BCUT2D eigenvalue weighted by atomic mass is 32.1. The molecule has 29 heavy (non-hydrogen) atoms. The highest BCUT2D eigenvalue weighted by Crippen LogP contribution is 2.34. The summed E-state index contributed by atoms with van der Waals surface area (Å²) in [5.41, 5.74) is 2.60. The Kier molecular flexibility index (Phi) is 4.34. The van der Waals surface area contributed by atoms with Crippen molar-refractivity contribution >= 4 is 23.1 Å². The summed E-state index contributed by atoms with van der Waals surface area (Å²) in [6, 6.07) is 4.04. The van der Waals surface area contributed by atoms with Crippen LogP contribution in [-0.2, 0) is 0 Å². The van der Waals surface area contributed by atoms with Crippen LogP contribution in [0.1, 0.15) is 26.9 Å². The van der Waals surface area contributed by atoms with Gasteiger partial charge in [0, 0.05) is 55.2 Å². The third kappa shape index (κ3) is 3.29. The first-order chi connectivity index (χ1) is 14.0. The van der Waals surface area contributed by atoms with Gasteiger partial charge in [0.05, 0.1) is 10.7 Å². The van der Waals surface area contributed by atoms with Crippen molar-refractivity contribution < 1.29 is 4.79 Å². The van der Waals surface area contributed by atoms with Crippen LogP contribution in [0.25, 0.3) is 5.82 Å². The van der Waals surface area contributed by atoms with Gasteiger partial charge < -0.3 is 9.80 Å². The highest BCUT2D eigenvalue weighted by Gasteiger charge is 2.42. The fraction of sp³-hybridized carbons (Fsp3) is 0.450. The van der Waals surface area contributed by atoms with Gasteiger partial charge in [-0.3, -0.25) is 4.79 Å². The second kappa shape index (κ2) is 6.91. The van der Waals surface area contributed by atoms with E-state index in [-0.39, 0.29) is 5.91 Å². The molecule has 150 valence electrons. The van der Waals surface area contributed by atoms with Crippen molar-refractivity contribution in [3.05, 3.63) is 45.9 Å². The number of aryl methyl sites for hydroxylation is 3. The standard InChI is InChI=1S/C20H23N7OS/c1-12-4-13(2)27(24-12)19-5-18(21-11-22-19)25-6-15-8-26(9-16(15)7-25)20(28)17-10-29-14(3)23-17/h4-5,10-11,15-16H,6-9H2,1-3H3. The van der Waals surface area contributed by atoms with Gasteiger partial charge in [0.15, 0.2) is 5.82 Å². The smallest absolute Gasteiger partial charge is 0.273 e. The van der Waals surface area contributed by atoms with E-state index in [2.05, 4.69) is 25.0 Å². The summed E-state index contributed by atoms with van der Waals surface area (Å²) in [4.78, 5) is 30.2. The zero-order valence-electron chi connectivity index (χ0n) is 16.7. The van der Waals surface area contributed by atoms with E-state index < -0.39 is 0 Å². The second-order valence-corrected chi connectivity index (χ2v) is 9.02. The third-order valence-corrected chi connectivity index (χ3v) is 6.57. The third-order valence-electron chi connectivity index (χ3n) is 5.80. The Hall–Kier alpha value is -2.81. The Labute approximate surface area is 173 Å². The Morgan fingerprint density at radius 3 is 2.38 bits per heavy atom. The number of nitrogens with zero attached hydrogens (tertiary/aromatic N) is 7. The molecule has 0 bridgehead atoms. The molecule has 5 rings (SSSR count). The summed E-state index contributed by atoms with van der Waals surface area (Å²) in [5, 5.41) is 7.32. The largest absolute Gasteiger partial charge is 0.356 e. The maximum Gasteiger partial charge on any atom is 0.273 e. The molecule has 0 aliphatic carbocycles. The lowest BCUT2D eigenvalue weighted by Crippen LogP contribution is -2.33. The first-order valence-corrected chi connectivity index (χ1v) is 10.7. The quantitative estimate of drug-likeness (QED) is 0.660. The fourth-order valence-corrected chi connectivity index (χ4v) is 5.04. The van der Waals surface area contributed by atoms with Crippen LogP contribution >= 0.6 is 11.3 Å². The summed E-state index contributed by atoms with van der Waals surface area (Å²) in [6.45, 7) is 9.30. The lowest BCUT2D eigenvalue weighted by atomic mass is 10.0. The van der Waals surface area contributed by atoms with Crippen molar-refractivity contribution in [3.8, 4) is 5.82 Å². The summed E-state index contributed by atoms with van der Waals surface area (Å²) in [5.74, 6) is 2.69. The monoisotopic (exact) mass is 409 g/mol. The molecule has 2 fully saturated rings. The topological polar surface area (TPSA) is 80.0 Å². The number of hydrogen-bond donors (Lipinski definition) is 0. The molecule has 2 aliphatic rings. The summed E-state index contributed by atoms with van der Waals surface area (Å²) in [6.07, 6.45) is 1.61. The van der Waals surface area contributed by atoms with Crippen molar-refractivity contribution in [2.45, 2.75) is 20.8 Å². The summed E-state index contributed by atoms with van der Waals surface area (Å²) >= 11 is 1.52. The Morgan fingerprint density at radius 2 is 1.76 bits per heavy atom. The van der Waals surface area contributed by atoms with Gasteiger partial charge in [0.2, 0.25) is 0 Å². The average molecular weight is 410 g/mol. The number of likely N-dealkylation sites (tertiary alicyclic amines) is 1. The minimum atomic E-state index is 0.0594. The van der Waals surface area contributed by atoms with Crippen LogP contribution in [0, 0.1) is 32.6 Å². The van der Waals surface area contributed by atoms with E-state index in [9.17, 15) is 4.79 Å². The van der Waals surface area contributed by atoms with Crippen molar-refractivity contribution in [2.24, 2.45) is 11.8 Å². The van der Waals surface area contributed by atoms with Crippen LogP contribution in [0.2, 0.25) is 0 Å². The van der Waals surface area contributed by atoms with Crippen molar-refractivity contribution in [1.29, 1.82) is 0 Å². The maximum absolute atomic E-state index is 12.7. The van der Waals surface area contributed by atoms with Crippen LogP contribution < -0.4 is 4.90 Å². The number of aromatic nitrogens is 5. The molecule has 9 heteroatoms. The lowest BCUT2D eigenvalue weighted by molar-refractivity contribution is 0.0777. The van der Waals surface area contributed by atoms with E-state index in [1.807, 2.05) is 47.9 Å². The van der Waals surface area contributed by atoms with Crippen LogP contribution in [0.15, 0.2) is 23.8 Å². The number of hydrogen-bond acceptors (Lipinski definition) is 7. The van der Waals surface area contributed by atoms with E-state index in [0.29, 0.717) is 17.5 Å². The van der Waals surface area contributed by atoms with Crippen molar-refractivity contribution in [2.75, 3.05) is 31.1 Å². The molecule has 2 saturated heterocycles. The molecule has 2 atom stereocenters. The summed E-state index contributed by atoms with van der Waals surface area (Å²) < 4.78 is 1.85. The molecule has 5 heterocycles. The number of carbonyl (C=O) groups excluding carboxylic acids is 1. The predicted octanol–water partition coefficient (Wildman–Crippen LogP) is 2.25. The molecule has 3 aromatic rings. The zero-order valence-corrected chi connectivity index (χ0v) is 17.6. The lowest BCUT2D eigenvalue weighted by Gasteiger charge is -2.22. The fourth-order valence-electron chi connectivity index (χ4n) is 4.46. The molecule has 2 aliphatic heterocycles. The average Bonchev–Trinajstić information content (AvgIpc) is 3.44. The number of carbonyl (C=O) groups is 1. The normalized spacial score (nSPS) is 21.1. The predicted molar refractivity (Wildman–Crippen MR) is 111 cm³/mol. The van der Waals surface area contributed by atoms with Crippen LogP contribution in [-0.4, -0.2) is 61.7 Å². The molecule has 0 N–H and O–H groups in total. The van der Waals surface area contributed by atoms with Gasteiger partial charge in [0.1, 0.15) is 17.8 Å². The maximum atomic E-state index is 12.7. The molecular weight excluding hydrogens is 386 g/mol. The van der Waals surface area contributed by atoms with Crippen LogP contribution in [0.4, 0.5) is 5.82 Å². The van der Waals surface area contributed by atoms with E-state index in [0.717, 1.165) is 54.2 Å². The van der Waals surface area contributed by atoms with Crippen molar-refractivity contribution in [3.63, 3.8) is 0 Å². The molecule has 3 aromatic heterocycles. The molecular formula is C20H23N7OS. The van der Waals surface area contributed by atoms with Crippen LogP contribution in [0.3, 0.4) is 0 Å². The summed E-state index contributed by atoms with van der Waals surface area (Å²) in [7, 11) is 0. The first-order valence-electron chi connectivity index (χ1n) is 9.80. The highest BCUT2D eigenvalue weighted by molar-refractivity contribution is 7.09. The number of amides is 1. The number of thiazole rings is 1. The number of rotatable bonds is 3. The molecule has 0 spiro atoms. The minimum absolute atomic E-state index is 0.0594.